The molecule has 3 rings (SSSR count). The summed E-state index contributed by atoms with van der Waals surface area (Å²) in [5, 5.41) is 3.43. The van der Waals surface area contributed by atoms with Gasteiger partial charge in [-0.3, -0.25) is 4.79 Å². The molecule has 1 aromatic carbocycles. The van der Waals surface area contributed by atoms with E-state index in [1.165, 1.54) is 30.2 Å². The van der Waals surface area contributed by atoms with E-state index in [9.17, 15) is 13.6 Å². The Morgan fingerprint density at radius 3 is 2.76 bits per heavy atom. The minimum absolute atomic E-state index is 0.162. The number of nitrogens with zero attached hydrogens (tertiary/aromatic N) is 2. The molecule has 4 nitrogen and oxygen atoms in total. The number of aromatic nitrogens is 1. The lowest BCUT2D eigenvalue weighted by Crippen LogP contribution is -2.28. The van der Waals surface area contributed by atoms with Crippen molar-refractivity contribution in [3.8, 4) is 10.6 Å². The van der Waals surface area contributed by atoms with Crippen LogP contribution in [0.5, 0.6) is 0 Å². The number of thiazole rings is 1. The molecule has 2 aromatic rings. The molecule has 0 spiro atoms. The quantitative estimate of drug-likeness (QED) is 0.796. The zero-order valence-corrected chi connectivity index (χ0v) is 15.0. The molecule has 0 bridgehead atoms. The highest BCUT2D eigenvalue weighted by molar-refractivity contribution is 7.17. The third-order valence-corrected chi connectivity index (χ3v) is 5.51. The monoisotopic (exact) mass is 365 g/mol. The number of hydrogen-bond donors (Lipinski definition) is 1. The van der Waals surface area contributed by atoms with Crippen molar-refractivity contribution in [2.75, 3.05) is 26.2 Å². The second-order valence-electron chi connectivity index (χ2n) is 6.22. The summed E-state index contributed by atoms with van der Waals surface area (Å²) in [7, 11) is 0. The van der Waals surface area contributed by atoms with Crippen LogP contribution in [0, 0.1) is 18.6 Å². The van der Waals surface area contributed by atoms with Crippen LogP contribution in [0.2, 0.25) is 0 Å². The zero-order valence-electron chi connectivity index (χ0n) is 14.1. The number of rotatable bonds is 6. The van der Waals surface area contributed by atoms with Crippen molar-refractivity contribution in [2.24, 2.45) is 0 Å². The van der Waals surface area contributed by atoms with Gasteiger partial charge in [-0.25, -0.2) is 13.8 Å². The summed E-state index contributed by atoms with van der Waals surface area (Å²) < 4.78 is 26.4. The Hall–Kier alpha value is -1.86. The SMILES string of the molecule is Cc1nc(-c2ccc(F)c(F)c2)sc1C(=O)NCCCN1CCCC1. The molecule has 1 aliphatic rings. The van der Waals surface area contributed by atoms with E-state index in [-0.39, 0.29) is 5.91 Å². The van der Waals surface area contributed by atoms with E-state index in [1.807, 2.05) is 0 Å². The standard InChI is InChI=1S/C18H21F2N3OS/c1-12-16(17(24)21-7-4-10-23-8-2-3-9-23)25-18(22-12)13-5-6-14(19)15(20)11-13/h5-6,11H,2-4,7-10H2,1H3,(H,21,24). The summed E-state index contributed by atoms with van der Waals surface area (Å²) in [4.78, 5) is 19.6. The molecule has 2 heterocycles. The van der Waals surface area contributed by atoms with E-state index in [2.05, 4.69) is 15.2 Å². The van der Waals surface area contributed by atoms with Crippen molar-refractivity contribution >= 4 is 17.2 Å². The van der Waals surface area contributed by atoms with Crippen molar-refractivity contribution in [1.82, 2.24) is 15.2 Å². The highest BCUT2D eigenvalue weighted by Gasteiger charge is 2.17. The number of hydrogen-bond acceptors (Lipinski definition) is 4. The third-order valence-electron chi connectivity index (χ3n) is 4.30. The van der Waals surface area contributed by atoms with E-state index in [1.54, 1.807) is 6.92 Å². The average molecular weight is 365 g/mol. The number of carbonyl (C=O) groups is 1. The second-order valence-corrected chi connectivity index (χ2v) is 7.22. The van der Waals surface area contributed by atoms with Crippen LogP contribution in [0.1, 0.15) is 34.6 Å². The van der Waals surface area contributed by atoms with Crippen LogP contribution >= 0.6 is 11.3 Å². The molecule has 1 aliphatic heterocycles. The first kappa shape index (κ1) is 17.9. The van der Waals surface area contributed by atoms with Crippen LogP contribution in [0.4, 0.5) is 8.78 Å². The molecule has 0 aliphatic carbocycles. The minimum atomic E-state index is -0.918. The Balaban J connectivity index is 1.59. The van der Waals surface area contributed by atoms with Gasteiger partial charge < -0.3 is 10.2 Å². The first-order valence-electron chi connectivity index (χ1n) is 8.48. The van der Waals surface area contributed by atoms with E-state index in [4.69, 9.17) is 0 Å². The molecule has 1 fully saturated rings. The van der Waals surface area contributed by atoms with Crippen LogP contribution in [0.15, 0.2) is 18.2 Å². The first-order chi connectivity index (χ1) is 12.0. The van der Waals surface area contributed by atoms with E-state index >= 15 is 0 Å². The lowest BCUT2D eigenvalue weighted by molar-refractivity contribution is 0.0955. The number of nitrogens with one attached hydrogen (secondary N) is 1. The van der Waals surface area contributed by atoms with Gasteiger partial charge in [0.05, 0.1) is 5.69 Å². The van der Waals surface area contributed by atoms with Crippen LogP contribution < -0.4 is 5.32 Å². The number of aryl methyl sites for hydroxylation is 1. The Morgan fingerprint density at radius 1 is 1.28 bits per heavy atom. The number of halogens is 2. The van der Waals surface area contributed by atoms with Gasteiger partial charge in [-0.15, -0.1) is 11.3 Å². The molecule has 25 heavy (non-hydrogen) atoms. The smallest absolute Gasteiger partial charge is 0.263 e. The number of carbonyl (C=O) groups excluding carboxylic acids is 1. The van der Waals surface area contributed by atoms with Crippen molar-refractivity contribution in [3.63, 3.8) is 0 Å². The molecular formula is C18H21F2N3OS. The van der Waals surface area contributed by atoms with E-state index < -0.39 is 11.6 Å². The summed E-state index contributed by atoms with van der Waals surface area (Å²) in [6.45, 7) is 5.67. The van der Waals surface area contributed by atoms with Gasteiger partial charge in [0, 0.05) is 12.1 Å². The van der Waals surface area contributed by atoms with Crippen LogP contribution in [-0.2, 0) is 0 Å². The molecule has 1 N–H and O–H groups in total. The maximum absolute atomic E-state index is 13.4. The van der Waals surface area contributed by atoms with Gasteiger partial charge in [0.2, 0.25) is 0 Å². The highest BCUT2D eigenvalue weighted by Crippen LogP contribution is 2.28. The minimum Gasteiger partial charge on any atom is -0.351 e. The predicted octanol–water partition coefficient (Wildman–Crippen LogP) is 3.61. The molecule has 7 heteroatoms. The molecule has 0 radical (unpaired) electrons. The third kappa shape index (κ3) is 4.41. The molecule has 134 valence electrons. The fourth-order valence-electron chi connectivity index (χ4n) is 2.95. The van der Waals surface area contributed by atoms with Crippen molar-refractivity contribution < 1.29 is 13.6 Å². The Kier molecular flexibility index (Phi) is 5.75. The fourth-order valence-corrected chi connectivity index (χ4v) is 3.93. The number of benzene rings is 1. The van der Waals surface area contributed by atoms with E-state index in [0.717, 1.165) is 38.2 Å². The lowest BCUT2D eigenvalue weighted by atomic mass is 10.2. The number of likely N-dealkylation sites (tertiary alicyclic amines) is 1. The first-order valence-corrected chi connectivity index (χ1v) is 9.29. The van der Waals surface area contributed by atoms with Crippen LogP contribution in [0.25, 0.3) is 10.6 Å². The summed E-state index contributed by atoms with van der Waals surface area (Å²) in [5.74, 6) is -1.98. The summed E-state index contributed by atoms with van der Waals surface area (Å²) in [6.07, 6.45) is 3.44. The van der Waals surface area contributed by atoms with Gasteiger partial charge in [-0.05, 0) is 64.0 Å². The highest BCUT2D eigenvalue weighted by atomic mass is 32.1. The molecule has 0 atom stereocenters. The van der Waals surface area contributed by atoms with Gasteiger partial charge in [0.1, 0.15) is 9.88 Å². The Morgan fingerprint density at radius 2 is 2.04 bits per heavy atom. The van der Waals surface area contributed by atoms with Gasteiger partial charge in [0.15, 0.2) is 11.6 Å². The maximum Gasteiger partial charge on any atom is 0.263 e. The van der Waals surface area contributed by atoms with E-state index in [0.29, 0.717) is 27.7 Å². The summed E-state index contributed by atoms with van der Waals surface area (Å²) in [5.41, 5.74) is 1.07. The van der Waals surface area contributed by atoms with Gasteiger partial charge in [-0.2, -0.15) is 0 Å². The molecule has 0 unspecified atom stereocenters. The van der Waals surface area contributed by atoms with Gasteiger partial charge >= 0.3 is 0 Å². The molecule has 1 aromatic heterocycles. The van der Waals surface area contributed by atoms with Crippen LogP contribution in [-0.4, -0.2) is 42.0 Å². The molecule has 0 saturated carbocycles. The van der Waals surface area contributed by atoms with Crippen molar-refractivity contribution in [3.05, 3.63) is 40.4 Å². The Bertz CT molecular complexity index is 757. The summed E-state index contributed by atoms with van der Waals surface area (Å²) in [6, 6.07) is 3.64. The maximum atomic E-state index is 13.4. The molecule has 1 amide bonds. The summed E-state index contributed by atoms with van der Waals surface area (Å²) >= 11 is 1.20. The van der Waals surface area contributed by atoms with Gasteiger partial charge in [-0.1, -0.05) is 0 Å². The topological polar surface area (TPSA) is 45.2 Å². The fraction of sp³-hybridized carbons (Fsp3) is 0.444. The second kappa shape index (κ2) is 8.01. The predicted molar refractivity (Wildman–Crippen MR) is 94.8 cm³/mol. The zero-order chi connectivity index (χ0) is 17.8. The molecular weight excluding hydrogens is 344 g/mol. The normalized spacial score (nSPS) is 14.8. The van der Waals surface area contributed by atoms with Gasteiger partial charge in [0.25, 0.3) is 5.91 Å². The lowest BCUT2D eigenvalue weighted by Gasteiger charge is -2.14. The number of amides is 1. The molecule has 1 saturated heterocycles. The Labute approximate surface area is 149 Å². The van der Waals surface area contributed by atoms with Crippen LogP contribution in [0.3, 0.4) is 0 Å². The average Bonchev–Trinajstić information content (AvgIpc) is 3.23. The largest absolute Gasteiger partial charge is 0.351 e. The van der Waals surface area contributed by atoms with Crippen molar-refractivity contribution in [2.45, 2.75) is 26.2 Å². The van der Waals surface area contributed by atoms with Crippen molar-refractivity contribution in [1.29, 1.82) is 0 Å².